The highest BCUT2D eigenvalue weighted by Gasteiger charge is 2.27. The van der Waals surface area contributed by atoms with Crippen molar-refractivity contribution in [3.63, 3.8) is 0 Å². The first-order valence-corrected chi connectivity index (χ1v) is 8.12. The molecule has 0 saturated heterocycles. The third-order valence-corrected chi connectivity index (χ3v) is 4.51. The van der Waals surface area contributed by atoms with Gasteiger partial charge in [-0.3, -0.25) is 4.79 Å². The Hall–Kier alpha value is -1.35. The van der Waals surface area contributed by atoms with Crippen molar-refractivity contribution in [3.8, 4) is 0 Å². The monoisotopic (exact) mass is 288 g/mol. The van der Waals surface area contributed by atoms with Gasteiger partial charge in [0.05, 0.1) is 5.92 Å². The van der Waals surface area contributed by atoms with Gasteiger partial charge in [-0.05, 0) is 43.1 Å². The third kappa shape index (κ3) is 4.85. The minimum Gasteiger partial charge on any atom is -0.353 e. The van der Waals surface area contributed by atoms with Crippen LogP contribution in [0.5, 0.6) is 0 Å². The smallest absolute Gasteiger partial charge is 0.224 e. The first-order valence-electron chi connectivity index (χ1n) is 8.12. The summed E-state index contributed by atoms with van der Waals surface area (Å²) in [4.78, 5) is 12.5. The predicted molar refractivity (Wildman–Crippen MR) is 86.8 cm³/mol. The highest BCUT2D eigenvalue weighted by molar-refractivity contribution is 5.79. The molecule has 2 rings (SSSR count). The van der Waals surface area contributed by atoms with Gasteiger partial charge in [0.25, 0.3) is 0 Å². The molecule has 0 radical (unpaired) electrons. The van der Waals surface area contributed by atoms with Crippen LogP contribution in [0.25, 0.3) is 0 Å². The van der Waals surface area contributed by atoms with Crippen LogP contribution < -0.4 is 11.1 Å². The maximum absolute atomic E-state index is 12.5. The largest absolute Gasteiger partial charge is 0.353 e. The minimum absolute atomic E-state index is 0.118. The zero-order valence-electron chi connectivity index (χ0n) is 13.2. The molecular weight excluding hydrogens is 260 g/mol. The molecule has 1 amide bonds. The van der Waals surface area contributed by atoms with E-state index >= 15 is 0 Å². The number of hydrogen-bond donors (Lipinski definition) is 2. The normalized spacial score (nSPS) is 27.1. The van der Waals surface area contributed by atoms with Crippen molar-refractivity contribution < 1.29 is 4.79 Å². The number of carbonyl (C=O) groups excluding carboxylic acids is 1. The summed E-state index contributed by atoms with van der Waals surface area (Å²) in [5.74, 6) is 1.39. The first kappa shape index (κ1) is 16.0. The van der Waals surface area contributed by atoms with Gasteiger partial charge in [0, 0.05) is 12.6 Å². The molecule has 1 aromatic rings. The van der Waals surface area contributed by atoms with E-state index in [1.807, 2.05) is 18.2 Å². The van der Waals surface area contributed by atoms with Crippen LogP contribution in [0.1, 0.15) is 38.7 Å². The lowest BCUT2D eigenvalue weighted by Crippen LogP contribution is -2.45. The van der Waals surface area contributed by atoms with Crippen molar-refractivity contribution in [1.82, 2.24) is 5.32 Å². The number of hydrogen-bond acceptors (Lipinski definition) is 2. The van der Waals surface area contributed by atoms with Crippen LogP contribution in [0.4, 0.5) is 0 Å². The van der Waals surface area contributed by atoms with Gasteiger partial charge in [0.2, 0.25) is 5.91 Å². The van der Waals surface area contributed by atoms with Gasteiger partial charge >= 0.3 is 0 Å². The molecule has 21 heavy (non-hydrogen) atoms. The molecule has 1 fully saturated rings. The quantitative estimate of drug-likeness (QED) is 0.875. The SMILES string of the molecule is CC1CC(C)CC(NC(=O)C(CN)Cc2ccccc2)C1. The van der Waals surface area contributed by atoms with Crippen molar-refractivity contribution in [1.29, 1.82) is 0 Å². The number of benzene rings is 1. The average molecular weight is 288 g/mol. The van der Waals surface area contributed by atoms with Crippen molar-refractivity contribution in [2.24, 2.45) is 23.5 Å². The molecule has 0 spiro atoms. The number of nitrogens with one attached hydrogen (secondary N) is 1. The predicted octanol–water partition coefficient (Wildman–Crippen LogP) is 2.74. The molecule has 1 saturated carbocycles. The summed E-state index contributed by atoms with van der Waals surface area (Å²) in [7, 11) is 0. The van der Waals surface area contributed by atoms with E-state index in [4.69, 9.17) is 5.73 Å². The van der Waals surface area contributed by atoms with Crippen LogP contribution in [0.15, 0.2) is 30.3 Å². The molecule has 3 nitrogen and oxygen atoms in total. The molecule has 3 unspecified atom stereocenters. The topological polar surface area (TPSA) is 55.1 Å². The van der Waals surface area contributed by atoms with Crippen LogP contribution in [-0.4, -0.2) is 18.5 Å². The summed E-state index contributed by atoms with van der Waals surface area (Å²) < 4.78 is 0. The molecule has 0 bridgehead atoms. The molecule has 3 N–H and O–H groups in total. The first-order chi connectivity index (χ1) is 10.1. The molecule has 0 heterocycles. The zero-order valence-corrected chi connectivity index (χ0v) is 13.2. The summed E-state index contributed by atoms with van der Waals surface area (Å²) in [6, 6.07) is 10.4. The lowest BCUT2D eigenvalue weighted by Gasteiger charge is -2.32. The summed E-state index contributed by atoms with van der Waals surface area (Å²) in [5.41, 5.74) is 6.99. The van der Waals surface area contributed by atoms with Crippen LogP contribution in [0, 0.1) is 17.8 Å². The Kier molecular flexibility index (Phi) is 5.80. The summed E-state index contributed by atoms with van der Waals surface area (Å²) in [5, 5.41) is 3.23. The Labute approximate surface area is 128 Å². The van der Waals surface area contributed by atoms with E-state index in [1.54, 1.807) is 0 Å². The van der Waals surface area contributed by atoms with Gasteiger partial charge in [0.1, 0.15) is 0 Å². The van der Waals surface area contributed by atoms with E-state index in [1.165, 1.54) is 12.0 Å². The van der Waals surface area contributed by atoms with Crippen LogP contribution in [0.3, 0.4) is 0 Å². The van der Waals surface area contributed by atoms with Crippen LogP contribution in [-0.2, 0) is 11.2 Å². The summed E-state index contributed by atoms with van der Waals surface area (Å²) >= 11 is 0. The van der Waals surface area contributed by atoms with E-state index in [-0.39, 0.29) is 11.8 Å². The van der Waals surface area contributed by atoms with Gasteiger partial charge in [-0.2, -0.15) is 0 Å². The lowest BCUT2D eigenvalue weighted by atomic mass is 9.80. The van der Waals surface area contributed by atoms with Crippen LogP contribution >= 0.6 is 0 Å². The number of nitrogens with two attached hydrogens (primary N) is 1. The molecule has 3 atom stereocenters. The van der Waals surface area contributed by atoms with Crippen LogP contribution in [0.2, 0.25) is 0 Å². The Morgan fingerprint density at radius 1 is 1.19 bits per heavy atom. The zero-order chi connectivity index (χ0) is 15.2. The third-order valence-electron chi connectivity index (χ3n) is 4.51. The van der Waals surface area contributed by atoms with E-state index in [9.17, 15) is 4.79 Å². The number of carbonyl (C=O) groups is 1. The second-order valence-corrected chi connectivity index (χ2v) is 6.75. The fraction of sp³-hybridized carbons (Fsp3) is 0.611. The van der Waals surface area contributed by atoms with E-state index in [0.717, 1.165) is 19.3 Å². The van der Waals surface area contributed by atoms with Crippen molar-refractivity contribution in [2.45, 2.75) is 45.6 Å². The van der Waals surface area contributed by atoms with Gasteiger partial charge < -0.3 is 11.1 Å². The fourth-order valence-corrected chi connectivity index (χ4v) is 3.57. The Bertz CT molecular complexity index is 436. The standard InChI is InChI=1S/C18H28N2O/c1-13-8-14(2)10-17(9-13)20-18(21)16(12-19)11-15-6-4-3-5-7-15/h3-7,13-14,16-17H,8-12,19H2,1-2H3,(H,20,21). The van der Waals surface area contributed by atoms with E-state index < -0.39 is 0 Å². The Balaban J connectivity index is 1.91. The fourth-order valence-electron chi connectivity index (χ4n) is 3.57. The molecule has 1 aromatic carbocycles. The average Bonchev–Trinajstić information content (AvgIpc) is 2.44. The number of amides is 1. The minimum atomic E-state index is -0.125. The second kappa shape index (κ2) is 7.60. The lowest BCUT2D eigenvalue weighted by molar-refractivity contribution is -0.125. The Morgan fingerprint density at radius 3 is 2.38 bits per heavy atom. The molecule has 1 aliphatic carbocycles. The highest BCUT2D eigenvalue weighted by Crippen LogP contribution is 2.28. The van der Waals surface area contributed by atoms with Crippen molar-refractivity contribution in [3.05, 3.63) is 35.9 Å². The van der Waals surface area contributed by atoms with Gasteiger partial charge in [0.15, 0.2) is 0 Å². The van der Waals surface area contributed by atoms with Crippen molar-refractivity contribution >= 4 is 5.91 Å². The van der Waals surface area contributed by atoms with E-state index in [2.05, 4.69) is 31.3 Å². The second-order valence-electron chi connectivity index (χ2n) is 6.75. The van der Waals surface area contributed by atoms with Crippen molar-refractivity contribution in [2.75, 3.05) is 6.54 Å². The summed E-state index contributed by atoms with van der Waals surface area (Å²) in [6.07, 6.45) is 4.19. The summed E-state index contributed by atoms with van der Waals surface area (Å²) in [6.45, 7) is 4.96. The maximum Gasteiger partial charge on any atom is 0.224 e. The number of rotatable bonds is 5. The van der Waals surface area contributed by atoms with Gasteiger partial charge in [-0.15, -0.1) is 0 Å². The molecule has 0 aliphatic heterocycles. The maximum atomic E-state index is 12.5. The van der Waals surface area contributed by atoms with Gasteiger partial charge in [-0.25, -0.2) is 0 Å². The molecule has 3 heteroatoms. The highest BCUT2D eigenvalue weighted by atomic mass is 16.1. The molecule has 0 aromatic heterocycles. The molecular formula is C18H28N2O. The Morgan fingerprint density at radius 2 is 1.81 bits per heavy atom. The molecule has 116 valence electrons. The van der Waals surface area contributed by atoms with Gasteiger partial charge in [-0.1, -0.05) is 44.2 Å². The van der Waals surface area contributed by atoms with E-state index in [0.29, 0.717) is 24.4 Å². The molecule has 1 aliphatic rings.